The molecule has 0 unspecified atom stereocenters. The molecule has 6 rings (SSSR count). The Morgan fingerprint density at radius 2 is 1.91 bits per heavy atom. The maximum atomic E-state index is 12.4. The highest BCUT2D eigenvalue weighted by Crippen LogP contribution is 2.70. The van der Waals surface area contributed by atoms with Crippen LogP contribution in [0.5, 0.6) is 0 Å². The van der Waals surface area contributed by atoms with E-state index in [2.05, 4.69) is 24.1 Å². The van der Waals surface area contributed by atoms with Crippen molar-refractivity contribution in [2.75, 3.05) is 45.9 Å². The van der Waals surface area contributed by atoms with Gasteiger partial charge in [0, 0.05) is 44.2 Å². The van der Waals surface area contributed by atoms with Crippen LogP contribution < -0.4 is 5.32 Å². The molecular weight excluding hydrogens is 440 g/mol. The minimum atomic E-state index is -0.613. The third-order valence-electron chi connectivity index (χ3n) is 11.9. The first-order valence-corrected chi connectivity index (χ1v) is 14.5. The van der Waals surface area contributed by atoms with Crippen molar-refractivity contribution in [2.24, 2.45) is 34.5 Å². The number of nitrogens with zero attached hydrogens (tertiary/aromatic N) is 1. The van der Waals surface area contributed by atoms with E-state index in [1.54, 1.807) is 6.08 Å². The third kappa shape index (κ3) is 3.93. The molecule has 1 saturated heterocycles. The van der Waals surface area contributed by atoms with Crippen LogP contribution >= 0.6 is 0 Å². The van der Waals surface area contributed by atoms with Gasteiger partial charge in [-0.1, -0.05) is 13.8 Å². The van der Waals surface area contributed by atoms with E-state index in [1.165, 1.54) is 32.1 Å². The van der Waals surface area contributed by atoms with E-state index >= 15 is 0 Å². The topological polar surface area (TPSA) is 71.0 Å². The zero-order chi connectivity index (χ0) is 24.3. The number of aliphatic hydroxyl groups is 1. The summed E-state index contributed by atoms with van der Waals surface area (Å²) in [6, 6.07) is 0. The van der Waals surface area contributed by atoms with Crippen LogP contribution in [-0.2, 0) is 14.3 Å². The summed E-state index contributed by atoms with van der Waals surface area (Å²) < 4.78 is 11.7. The Bertz CT molecular complexity index is 856. The van der Waals surface area contributed by atoms with Crippen molar-refractivity contribution in [3.8, 4) is 0 Å². The Morgan fingerprint density at radius 1 is 1.09 bits per heavy atom. The lowest BCUT2D eigenvalue weighted by Crippen LogP contribution is -2.62. The average molecular weight is 487 g/mol. The third-order valence-corrected chi connectivity index (χ3v) is 11.9. The smallest absolute Gasteiger partial charge is 0.331 e. The van der Waals surface area contributed by atoms with E-state index in [0.29, 0.717) is 30.0 Å². The molecule has 6 aliphatic rings. The minimum absolute atomic E-state index is 0.137. The molecule has 0 aromatic heterocycles. The number of hydrogen-bond acceptors (Lipinski definition) is 6. The van der Waals surface area contributed by atoms with Gasteiger partial charge in [-0.2, -0.15) is 0 Å². The van der Waals surface area contributed by atoms with Gasteiger partial charge >= 0.3 is 5.97 Å². The van der Waals surface area contributed by atoms with Crippen LogP contribution in [0.2, 0.25) is 0 Å². The highest BCUT2D eigenvalue weighted by molar-refractivity contribution is 5.85. The second-order valence-corrected chi connectivity index (χ2v) is 13.2. The van der Waals surface area contributed by atoms with Crippen LogP contribution in [0.15, 0.2) is 11.6 Å². The lowest BCUT2D eigenvalue weighted by atomic mass is 9.43. The summed E-state index contributed by atoms with van der Waals surface area (Å²) in [5.74, 6) is 1.79. The van der Waals surface area contributed by atoms with Crippen molar-refractivity contribution < 1.29 is 19.4 Å². The standard InChI is InChI=1S/C29H46N2O4/c1-27-8-5-22(34-16-15-31-13-11-30-12-14-31)18-21(27)3-4-25-24(27)6-9-28(2)23(7-10-29(25,28)33)20-17-26(32)35-19-20/h17,21-25,30,33H,3-16,18-19H2,1-2H3/t21-,22+,23-,24+,25-,27+,28-,29+/m1/s1. The van der Waals surface area contributed by atoms with Gasteiger partial charge in [0.15, 0.2) is 0 Å². The van der Waals surface area contributed by atoms with Crippen LogP contribution in [0, 0.1) is 34.5 Å². The maximum absolute atomic E-state index is 12.4. The zero-order valence-electron chi connectivity index (χ0n) is 21.9. The molecule has 196 valence electrons. The predicted octanol–water partition coefficient (Wildman–Crippen LogP) is 3.53. The molecule has 5 fully saturated rings. The molecule has 0 radical (unpaired) electrons. The summed E-state index contributed by atoms with van der Waals surface area (Å²) in [6.45, 7) is 11.7. The first-order chi connectivity index (χ1) is 16.8. The summed E-state index contributed by atoms with van der Waals surface area (Å²) in [6.07, 6.45) is 12.2. The van der Waals surface area contributed by atoms with Gasteiger partial charge in [-0.05, 0) is 92.4 Å². The van der Waals surface area contributed by atoms with Crippen molar-refractivity contribution in [3.63, 3.8) is 0 Å². The summed E-state index contributed by atoms with van der Waals surface area (Å²) in [5, 5.41) is 15.8. The van der Waals surface area contributed by atoms with E-state index in [1.807, 2.05) is 0 Å². The second kappa shape index (κ2) is 9.11. The molecule has 4 saturated carbocycles. The first-order valence-electron chi connectivity index (χ1n) is 14.5. The fourth-order valence-corrected chi connectivity index (χ4v) is 9.81. The molecule has 2 aliphatic heterocycles. The van der Waals surface area contributed by atoms with Gasteiger partial charge < -0.3 is 19.9 Å². The fraction of sp³-hybridized carbons (Fsp3) is 0.897. The monoisotopic (exact) mass is 486 g/mol. The molecule has 6 nitrogen and oxygen atoms in total. The zero-order valence-corrected chi connectivity index (χ0v) is 21.9. The number of fused-ring (bicyclic) bond motifs is 5. The summed E-state index contributed by atoms with van der Waals surface area (Å²) in [4.78, 5) is 14.3. The number of carbonyl (C=O) groups is 1. The molecule has 6 heteroatoms. The highest BCUT2D eigenvalue weighted by Gasteiger charge is 2.67. The van der Waals surface area contributed by atoms with Crippen molar-refractivity contribution in [2.45, 2.75) is 83.3 Å². The first kappa shape index (κ1) is 24.4. The van der Waals surface area contributed by atoms with Gasteiger partial charge in [-0.25, -0.2) is 4.79 Å². The second-order valence-electron chi connectivity index (χ2n) is 13.2. The van der Waals surface area contributed by atoms with Crippen LogP contribution in [-0.4, -0.2) is 73.6 Å². The van der Waals surface area contributed by atoms with E-state index in [-0.39, 0.29) is 17.3 Å². The summed E-state index contributed by atoms with van der Waals surface area (Å²) >= 11 is 0. The molecule has 35 heavy (non-hydrogen) atoms. The van der Waals surface area contributed by atoms with Gasteiger partial charge in [0.25, 0.3) is 0 Å². The Kier molecular flexibility index (Phi) is 6.35. The van der Waals surface area contributed by atoms with Gasteiger partial charge in [-0.15, -0.1) is 0 Å². The van der Waals surface area contributed by atoms with E-state index < -0.39 is 5.60 Å². The normalized spacial score (nSPS) is 48.0. The van der Waals surface area contributed by atoms with E-state index in [4.69, 9.17) is 9.47 Å². The molecular formula is C29H46N2O4. The van der Waals surface area contributed by atoms with Crippen LogP contribution in [0.25, 0.3) is 0 Å². The van der Waals surface area contributed by atoms with Crippen molar-refractivity contribution >= 4 is 5.97 Å². The van der Waals surface area contributed by atoms with E-state index in [0.717, 1.165) is 76.5 Å². The Morgan fingerprint density at radius 3 is 2.69 bits per heavy atom. The Balaban J connectivity index is 1.11. The molecule has 8 atom stereocenters. The van der Waals surface area contributed by atoms with Gasteiger partial charge in [0.1, 0.15) is 6.61 Å². The molecule has 4 aliphatic carbocycles. The summed E-state index contributed by atoms with van der Waals surface area (Å²) in [7, 11) is 0. The predicted molar refractivity (Wildman–Crippen MR) is 135 cm³/mol. The number of rotatable bonds is 5. The molecule has 2 heterocycles. The Hall–Kier alpha value is -0.950. The average Bonchev–Trinajstić information content (AvgIpc) is 3.40. The molecule has 0 aromatic carbocycles. The highest BCUT2D eigenvalue weighted by atomic mass is 16.5. The summed E-state index contributed by atoms with van der Waals surface area (Å²) in [5.41, 5.74) is 0.701. The van der Waals surface area contributed by atoms with Crippen molar-refractivity contribution in [1.82, 2.24) is 10.2 Å². The largest absolute Gasteiger partial charge is 0.458 e. The van der Waals surface area contributed by atoms with Crippen LogP contribution in [0.1, 0.15) is 71.6 Å². The van der Waals surface area contributed by atoms with Crippen molar-refractivity contribution in [3.05, 3.63) is 11.6 Å². The van der Waals surface area contributed by atoms with Crippen LogP contribution in [0.3, 0.4) is 0 Å². The number of ether oxygens (including phenoxy) is 2. The van der Waals surface area contributed by atoms with Gasteiger partial charge in [-0.3, -0.25) is 4.90 Å². The number of cyclic esters (lactones) is 1. The fourth-order valence-electron chi connectivity index (χ4n) is 9.81. The quantitative estimate of drug-likeness (QED) is 0.580. The molecule has 0 bridgehead atoms. The van der Waals surface area contributed by atoms with E-state index in [9.17, 15) is 9.90 Å². The molecule has 0 amide bonds. The van der Waals surface area contributed by atoms with Gasteiger partial charge in [0.2, 0.25) is 0 Å². The lowest BCUT2D eigenvalue weighted by Gasteiger charge is -2.63. The lowest BCUT2D eigenvalue weighted by molar-refractivity contribution is -0.209. The number of nitrogens with one attached hydrogen (secondary N) is 1. The number of piperazine rings is 1. The molecule has 0 aromatic rings. The Labute approximate surface area is 211 Å². The SMILES string of the molecule is C[C@]12CC[C@H](OCCN3CCNCC3)C[C@H]1CC[C@@H]1[C@@H]2CC[C@]2(C)[C@@H](C3=CC(=O)OC3)CC[C@]12O. The maximum Gasteiger partial charge on any atom is 0.331 e. The van der Waals surface area contributed by atoms with Crippen molar-refractivity contribution in [1.29, 1.82) is 0 Å². The molecule has 2 N–H and O–H groups in total. The van der Waals surface area contributed by atoms with Crippen LogP contribution in [0.4, 0.5) is 0 Å². The molecule has 0 spiro atoms. The number of esters is 1. The van der Waals surface area contributed by atoms with Gasteiger partial charge in [0.05, 0.1) is 18.3 Å². The number of hydrogen-bond donors (Lipinski definition) is 2. The minimum Gasteiger partial charge on any atom is -0.458 e. The number of carbonyl (C=O) groups excluding carboxylic acids is 1.